The van der Waals surface area contributed by atoms with Gasteiger partial charge in [0, 0.05) is 12.6 Å². The van der Waals surface area contributed by atoms with Crippen molar-refractivity contribution in [3.63, 3.8) is 0 Å². The lowest BCUT2D eigenvalue weighted by molar-refractivity contribution is -0.0980. The maximum absolute atomic E-state index is 13.5. The molecule has 0 aliphatic heterocycles. The molecule has 0 spiro atoms. The predicted octanol–water partition coefficient (Wildman–Crippen LogP) is 3.81. The van der Waals surface area contributed by atoms with Crippen LogP contribution in [0, 0.1) is 11.6 Å². The van der Waals surface area contributed by atoms with Crippen LogP contribution < -0.4 is 14.8 Å². The Balaban J connectivity index is 0.000000337. The first kappa shape index (κ1) is 26.7. The molecule has 3 rings (SSSR count). The number of methoxy groups -OCH3 is 1. The van der Waals surface area contributed by atoms with Gasteiger partial charge in [-0.05, 0) is 55.8 Å². The summed E-state index contributed by atoms with van der Waals surface area (Å²) in [5.74, 6) is -0.814. The number of hydrogen-bond donors (Lipinski definition) is 2. The third kappa shape index (κ3) is 9.12. The normalized spacial score (nSPS) is 13.9. The summed E-state index contributed by atoms with van der Waals surface area (Å²) in [7, 11) is -0.448. The number of benzene rings is 2. The maximum atomic E-state index is 13.5. The minimum atomic E-state index is -3.65. The summed E-state index contributed by atoms with van der Waals surface area (Å²) in [6.07, 6.45) is 4.90. The number of carbonyl (C=O) groups excluding carboxylic acids is 1. The van der Waals surface area contributed by atoms with Gasteiger partial charge in [0.25, 0.3) is 0 Å². The van der Waals surface area contributed by atoms with Crippen LogP contribution in [0.1, 0.15) is 37.7 Å². The predicted molar refractivity (Wildman–Crippen MR) is 116 cm³/mol. The first-order valence-electron chi connectivity index (χ1n) is 9.89. The van der Waals surface area contributed by atoms with Gasteiger partial charge in [0.1, 0.15) is 12.6 Å². The highest BCUT2D eigenvalue weighted by Crippen LogP contribution is 2.23. The highest BCUT2D eigenvalue weighted by Gasteiger charge is 2.22. The van der Waals surface area contributed by atoms with Gasteiger partial charge >= 0.3 is 0 Å². The second-order valence-electron chi connectivity index (χ2n) is 6.91. The van der Waals surface area contributed by atoms with Crippen molar-refractivity contribution in [1.29, 1.82) is 0 Å². The molecular weight excluding hydrogens is 426 g/mol. The lowest BCUT2D eigenvalue weighted by Gasteiger charge is -2.22. The molecule has 0 amide bonds. The van der Waals surface area contributed by atoms with Crippen LogP contribution >= 0.6 is 0 Å². The van der Waals surface area contributed by atoms with Gasteiger partial charge in [0.2, 0.25) is 10.0 Å². The van der Waals surface area contributed by atoms with E-state index < -0.39 is 15.8 Å². The topological polar surface area (TPSA) is 84.5 Å². The summed E-state index contributed by atoms with van der Waals surface area (Å²) in [6, 6.07) is 10.1. The minimum absolute atomic E-state index is 0.0380. The van der Waals surface area contributed by atoms with Crippen molar-refractivity contribution in [2.24, 2.45) is 0 Å². The van der Waals surface area contributed by atoms with Crippen molar-refractivity contribution in [3.8, 4) is 5.75 Å². The number of carbonyl (C=O) groups is 1. The molecule has 0 radical (unpaired) electrons. The van der Waals surface area contributed by atoms with Crippen LogP contribution in [-0.4, -0.2) is 35.4 Å². The molecule has 1 aliphatic carbocycles. The van der Waals surface area contributed by atoms with Crippen molar-refractivity contribution < 1.29 is 26.7 Å². The van der Waals surface area contributed by atoms with Gasteiger partial charge in [0.05, 0.1) is 12.0 Å². The number of rotatable bonds is 6. The van der Waals surface area contributed by atoms with Gasteiger partial charge < -0.3 is 14.8 Å². The number of ether oxygens (including phenoxy) is 1. The van der Waals surface area contributed by atoms with E-state index >= 15 is 0 Å². The third-order valence-corrected chi connectivity index (χ3v) is 6.17. The van der Waals surface area contributed by atoms with Crippen LogP contribution in [0.25, 0.3) is 0 Å². The SMILES string of the molecule is C=O.CNCc1ccc(F)cc1.COc1ccc(S(=O)(=O)NC2CCCCC2)cc1F. The first-order chi connectivity index (χ1) is 14.9. The Morgan fingerprint density at radius 2 is 1.65 bits per heavy atom. The van der Waals surface area contributed by atoms with Gasteiger partial charge in [-0.25, -0.2) is 21.9 Å². The Labute approximate surface area is 183 Å². The van der Waals surface area contributed by atoms with Crippen LogP contribution in [0.4, 0.5) is 8.78 Å². The molecule has 0 unspecified atom stereocenters. The van der Waals surface area contributed by atoms with Gasteiger partial charge in [-0.3, -0.25) is 0 Å². The Morgan fingerprint density at radius 3 is 2.16 bits per heavy atom. The summed E-state index contributed by atoms with van der Waals surface area (Å²) in [6.45, 7) is 2.79. The van der Waals surface area contributed by atoms with Crippen molar-refractivity contribution in [1.82, 2.24) is 10.0 Å². The van der Waals surface area contributed by atoms with Crippen LogP contribution in [0.15, 0.2) is 47.4 Å². The van der Waals surface area contributed by atoms with E-state index in [4.69, 9.17) is 9.53 Å². The fourth-order valence-electron chi connectivity index (χ4n) is 3.13. The molecule has 1 fully saturated rings. The van der Waals surface area contributed by atoms with Gasteiger partial charge in [0.15, 0.2) is 11.6 Å². The average molecular weight is 457 g/mol. The number of nitrogens with one attached hydrogen (secondary N) is 2. The van der Waals surface area contributed by atoms with E-state index in [1.54, 1.807) is 12.1 Å². The van der Waals surface area contributed by atoms with Crippen molar-refractivity contribution in [2.75, 3.05) is 14.2 Å². The molecule has 9 heteroatoms. The smallest absolute Gasteiger partial charge is 0.240 e. The van der Waals surface area contributed by atoms with Crippen LogP contribution in [-0.2, 0) is 21.4 Å². The molecule has 2 aromatic carbocycles. The lowest BCUT2D eigenvalue weighted by Crippen LogP contribution is -2.36. The third-order valence-electron chi connectivity index (χ3n) is 4.65. The summed E-state index contributed by atoms with van der Waals surface area (Å²) < 4.78 is 57.5. The van der Waals surface area contributed by atoms with Crippen LogP contribution in [0.2, 0.25) is 0 Å². The Hall–Kier alpha value is -2.36. The summed E-state index contributed by atoms with van der Waals surface area (Å²) in [5.41, 5.74) is 1.10. The molecular formula is C22H30F2N2O4S. The second-order valence-corrected chi connectivity index (χ2v) is 8.62. The van der Waals surface area contributed by atoms with Crippen molar-refractivity contribution in [2.45, 2.75) is 49.6 Å². The zero-order valence-corrected chi connectivity index (χ0v) is 18.7. The monoisotopic (exact) mass is 456 g/mol. The minimum Gasteiger partial charge on any atom is -0.494 e. The molecule has 172 valence electrons. The fraction of sp³-hybridized carbons (Fsp3) is 0.409. The highest BCUT2D eigenvalue weighted by molar-refractivity contribution is 7.89. The molecule has 0 aromatic heterocycles. The van der Waals surface area contributed by atoms with E-state index in [2.05, 4.69) is 10.0 Å². The van der Waals surface area contributed by atoms with E-state index in [1.807, 2.05) is 13.8 Å². The molecule has 6 nitrogen and oxygen atoms in total. The Morgan fingerprint density at radius 1 is 1.03 bits per heavy atom. The maximum Gasteiger partial charge on any atom is 0.240 e. The molecule has 2 N–H and O–H groups in total. The zero-order chi connectivity index (χ0) is 23.3. The Bertz CT molecular complexity index is 887. The molecule has 0 bridgehead atoms. The van der Waals surface area contributed by atoms with Crippen LogP contribution in [0.3, 0.4) is 0 Å². The molecule has 2 aromatic rings. The molecule has 0 atom stereocenters. The lowest BCUT2D eigenvalue weighted by atomic mass is 9.96. The molecule has 1 aliphatic rings. The Kier molecular flexibility index (Phi) is 11.9. The summed E-state index contributed by atoms with van der Waals surface area (Å²) >= 11 is 0. The standard InChI is InChI=1S/C13H18FNO3S.C8H10FN.CH2O/c1-18-13-8-7-11(9-12(13)14)19(16,17)15-10-5-3-2-4-6-10;1-10-6-7-2-4-8(9)5-3-7;1-2/h7-10,15H,2-6H2,1H3;2-5,10H,6H2,1H3;1H2. The van der Waals surface area contributed by atoms with Gasteiger partial charge in [-0.15, -0.1) is 0 Å². The number of hydrogen-bond acceptors (Lipinski definition) is 5. The average Bonchev–Trinajstić information content (AvgIpc) is 2.78. The van der Waals surface area contributed by atoms with E-state index in [-0.39, 0.29) is 22.5 Å². The second kappa shape index (κ2) is 13.8. The van der Waals surface area contributed by atoms with Gasteiger partial charge in [-0.2, -0.15) is 0 Å². The van der Waals surface area contributed by atoms with E-state index in [9.17, 15) is 17.2 Å². The van der Waals surface area contributed by atoms with Crippen LogP contribution in [0.5, 0.6) is 5.75 Å². The molecule has 1 saturated carbocycles. The highest BCUT2D eigenvalue weighted by atomic mass is 32.2. The fourth-order valence-corrected chi connectivity index (χ4v) is 4.44. The first-order valence-corrected chi connectivity index (χ1v) is 11.4. The largest absolute Gasteiger partial charge is 0.494 e. The van der Waals surface area contributed by atoms with Gasteiger partial charge in [-0.1, -0.05) is 31.4 Å². The van der Waals surface area contributed by atoms with E-state index in [1.165, 1.54) is 31.4 Å². The number of halogens is 2. The molecule has 31 heavy (non-hydrogen) atoms. The van der Waals surface area contributed by atoms with E-state index in [0.717, 1.165) is 50.3 Å². The summed E-state index contributed by atoms with van der Waals surface area (Å²) in [4.78, 5) is 7.94. The summed E-state index contributed by atoms with van der Waals surface area (Å²) in [5, 5.41) is 2.98. The molecule has 0 heterocycles. The molecule has 0 saturated heterocycles. The number of sulfonamides is 1. The van der Waals surface area contributed by atoms with E-state index in [0.29, 0.717) is 0 Å². The quantitative estimate of drug-likeness (QED) is 0.691. The van der Waals surface area contributed by atoms with Crippen molar-refractivity contribution >= 4 is 16.8 Å². The zero-order valence-electron chi connectivity index (χ0n) is 17.9. The van der Waals surface area contributed by atoms with Crippen molar-refractivity contribution in [3.05, 3.63) is 59.7 Å².